The van der Waals surface area contributed by atoms with E-state index < -0.39 is 0 Å². The monoisotopic (exact) mass is 190 g/mol. The highest BCUT2D eigenvalue weighted by Crippen LogP contribution is 2.49. The standard InChI is InChI=1S/C13H18O/c1-8(2)6-12-10-4-5-11(7-10)13(12)9(3)14/h4-6,10-13H,7H2,1-3H3/t10-,11+,12+,13+/m1/s1. The van der Waals surface area contributed by atoms with Crippen LogP contribution in [0.15, 0.2) is 23.8 Å². The zero-order chi connectivity index (χ0) is 10.3. The van der Waals surface area contributed by atoms with Crippen molar-refractivity contribution in [1.82, 2.24) is 0 Å². The molecule has 1 saturated carbocycles. The molecule has 2 aliphatic rings. The average molecular weight is 190 g/mol. The van der Waals surface area contributed by atoms with Gasteiger partial charge in [0, 0.05) is 5.92 Å². The summed E-state index contributed by atoms with van der Waals surface area (Å²) in [6.45, 7) is 5.98. The quantitative estimate of drug-likeness (QED) is 0.612. The van der Waals surface area contributed by atoms with Crippen molar-refractivity contribution in [3.8, 4) is 0 Å². The third-order valence-corrected chi connectivity index (χ3v) is 3.52. The molecule has 0 spiro atoms. The lowest BCUT2D eigenvalue weighted by Crippen LogP contribution is -2.24. The van der Waals surface area contributed by atoms with E-state index in [-0.39, 0.29) is 5.92 Å². The van der Waals surface area contributed by atoms with Gasteiger partial charge in [0.25, 0.3) is 0 Å². The fraction of sp³-hybridized carbons (Fsp3) is 0.615. The lowest BCUT2D eigenvalue weighted by atomic mass is 9.80. The maximum Gasteiger partial charge on any atom is 0.134 e. The molecule has 1 nitrogen and oxygen atoms in total. The van der Waals surface area contributed by atoms with Crippen molar-refractivity contribution < 1.29 is 4.79 Å². The Labute approximate surface area is 85.9 Å². The van der Waals surface area contributed by atoms with Crippen LogP contribution < -0.4 is 0 Å². The first kappa shape index (κ1) is 9.70. The summed E-state index contributed by atoms with van der Waals surface area (Å²) < 4.78 is 0. The first-order chi connectivity index (χ1) is 6.59. The Morgan fingerprint density at radius 1 is 1.21 bits per heavy atom. The van der Waals surface area contributed by atoms with Crippen LogP contribution in [-0.2, 0) is 4.79 Å². The minimum atomic E-state index is 0.264. The molecular formula is C13H18O. The zero-order valence-electron chi connectivity index (χ0n) is 9.16. The molecule has 14 heavy (non-hydrogen) atoms. The number of hydrogen-bond donors (Lipinski definition) is 0. The maximum absolute atomic E-state index is 11.6. The Bertz CT molecular complexity index is 307. The summed E-state index contributed by atoms with van der Waals surface area (Å²) in [6.07, 6.45) is 8.03. The van der Waals surface area contributed by atoms with Crippen LogP contribution in [0.1, 0.15) is 27.2 Å². The Balaban J connectivity index is 2.27. The molecule has 2 rings (SSSR count). The van der Waals surface area contributed by atoms with Gasteiger partial charge in [0.15, 0.2) is 0 Å². The maximum atomic E-state index is 11.6. The minimum Gasteiger partial charge on any atom is -0.300 e. The van der Waals surface area contributed by atoms with Gasteiger partial charge in [-0.3, -0.25) is 4.79 Å². The van der Waals surface area contributed by atoms with Gasteiger partial charge in [-0.2, -0.15) is 0 Å². The topological polar surface area (TPSA) is 17.1 Å². The highest BCUT2D eigenvalue weighted by atomic mass is 16.1. The molecule has 0 unspecified atom stereocenters. The highest BCUT2D eigenvalue weighted by Gasteiger charge is 2.45. The molecule has 0 aromatic carbocycles. The van der Waals surface area contributed by atoms with E-state index in [0.717, 1.165) is 0 Å². The third kappa shape index (κ3) is 1.45. The van der Waals surface area contributed by atoms with Crippen molar-refractivity contribution in [2.45, 2.75) is 27.2 Å². The molecule has 0 aliphatic heterocycles. The Kier molecular flexibility index (Phi) is 2.34. The lowest BCUT2D eigenvalue weighted by molar-refractivity contribution is -0.122. The van der Waals surface area contributed by atoms with Crippen LogP contribution in [0.2, 0.25) is 0 Å². The summed E-state index contributed by atoms with van der Waals surface area (Å²) in [4.78, 5) is 11.6. The fourth-order valence-electron chi connectivity index (χ4n) is 3.04. The SMILES string of the molecule is CC(=O)[C@@H]1[C@@H](C=C(C)C)[C@@H]2C=C[C@H]1C2. The third-order valence-electron chi connectivity index (χ3n) is 3.52. The largest absolute Gasteiger partial charge is 0.300 e. The molecule has 0 amide bonds. The summed E-state index contributed by atoms with van der Waals surface area (Å²) in [5.41, 5.74) is 1.34. The van der Waals surface area contributed by atoms with Crippen molar-refractivity contribution in [2.75, 3.05) is 0 Å². The Morgan fingerprint density at radius 3 is 2.43 bits per heavy atom. The second kappa shape index (κ2) is 3.38. The van der Waals surface area contributed by atoms with E-state index in [1.807, 2.05) is 0 Å². The summed E-state index contributed by atoms with van der Waals surface area (Å²) in [7, 11) is 0. The molecule has 0 N–H and O–H groups in total. The van der Waals surface area contributed by atoms with Gasteiger partial charge in [0.2, 0.25) is 0 Å². The van der Waals surface area contributed by atoms with Crippen molar-refractivity contribution in [3.63, 3.8) is 0 Å². The second-order valence-corrected chi connectivity index (χ2v) is 4.91. The van der Waals surface area contributed by atoms with Crippen LogP contribution >= 0.6 is 0 Å². The number of rotatable bonds is 2. The average Bonchev–Trinajstić information content (AvgIpc) is 2.61. The normalized spacial score (nSPS) is 38.8. The van der Waals surface area contributed by atoms with Crippen LogP contribution in [0.4, 0.5) is 0 Å². The van der Waals surface area contributed by atoms with Gasteiger partial charge in [-0.05, 0) is 44.9 Å². The number of allylic oxidation sites excluding steroid dienone is 4. The lowest BCUT2D eigenvalue weighted by Gasteiger charge is -2.23. The molecule has 0 aromatic heterocycles. The molecule has 1 heteroatoms. The van der Waals surface area contributed by atoms with E-state index in [1.54, 1.807) is 6.92 Å². The molecule has 0 heterocycles. The number of carbonyl (C=O) groups excluding carboxylic acids is 1. The van der Waals surface area contributed by atoms with E-state index in [9.17, 15) is 4.79 Å². The fourth-order valence-corrected chi connectivity index (χ4v) is 3.04. The Hall–Kier alpha value is -0.850. The number of carbonyl (C=O) groups is 1. The molecule has 0 saturated heterocycles. The highest BCUT2D eigenvalue weighted by molar-refractivity contribution is 5.80. The molecule has 0 radical (unpaired) electrons. The number of hydrogen-bond acceptors (Lipinski definition) is 1. The van der Waals surface area contributed by atoms with Gasteiger partial charge in [-0.15, -0.1) is 0 Å². The number of ketones is 1. The number of fused-ring (bicyclic) bond motifs is 2. The molecule has 2 bridgehead atoms. The van der Waals surface area contributed by atoms with Gasteiger partial charge >= 0.3 is 0 Å². The van der Waals surface area contributed by atoms with Crippen molar-refractivity contribution >= 4 is 5.78 Å². The zero-order valence-corrected chi connectivity index (χ0v) is 9.16. The smallest absolute Gasteiger partial charge is 0.134 e. The predicted molar refractivity (Wildman–Crippen MR) is 57.8 cm³/mol. The molecule has 76 valence electrons. The molecule has 1 fully saturated rings. The van der Waals surface area contributed by atoms with Crippen molar-refractivity contribution in [3.05, 3.63) is 23.8 Å². The van der Waals surface area contributed by atoms with Gasteiger partial charge in [0.05, 0.1) is 0 Å². The minimum absolute atomic E-state index is 0.264. The first-order valence-electron chi connectivity index (χ1n) is 5.43. The van der Waals surface area contributed by atoms with Crippen molar-refractivity contribution in [2.24, 2.45) is 23.7 Å². The Morgan fingerprint density at radius 2 is 1.86 bits per heavy atom. The van der Waals surface area contributed by atoms with Crippen molar-refractivity contribution in [1.29, 1.82) is 0 Å². The van der Waals surface area contributed by atoms with Crippen LogP contribution in [0.3, 0.4) is 0 Å². The van der Waals surface area contributed by atoms with E-state index >= 15 is 0 Å². The first-order valence-corrected chi connectivity index (χ1v) is 5.43. The predicted octanol–water partition coefficient (Wildman–Crippen LogP) is 2.98. The van der Waals surface area contributed by atoms with E-state index in [2.05, 4.69) is 32.1 Å². The van der Waals surface area contributed by atoms with Gasteiger partial charge < -0.3 is 0 Å². The summed E-state index contributed by atoms with van der Waals surface area (Å²) in [5.74, 6) is 2.26. The summed E-state index contributed by atoms with van der Waals surface area (Å²) in [6, 6.07) is 0. The second-order valence-electron chi connectivity index (χ2n) is 4.91. The summed E-state index contributed by atoms with van der Waals surface area (Å²) >= 11 is 0. The van der Waals surface area contributed by atoms with Crippen LogP contribution in [0.5, 0.6) is 0 Å². The van der Waals surface area contributed by atoms with E-state index in [1.165, 1.54) is 12.0 Å². The van der Waals surface area contributed by atoms with Crippen LogP contribution in [-0.4, -0.2) is 5.78 Å². The van der Waals surface area contributed by atoms with Gasteiger partial charge in [-0.1, -0.05) is 23.8 Å². The van der Waals surface area contributed by atoms with E-state index in [0.29, 0.717) is 23.5 Å². The molecular weight excluding hydrogens is 172 g/mol. The van der Waals surface area contributed by atoms with Crippen LogP contribution in [0.25, 0.3) is 0 Å². The van der Waals surface area contributed by atoms with E-state index in [4.69, 9.17) is 0 Å². The molecule has 2 aliphatic carbocycles. The van der Waals surface area contributed by atoms with Gasteiger partial charge in [-0.25, -0.2) is 0 Å². The van der Waals surface area contributed by atoms with Gasteiger partial charge in [0.1, 0.15) is 5.78 Å². The summed E-state index contributed by atoms with van der Waals surface area (Å²) in [5, 5.41) is 0. The molecule has 4 atom stereocenters. The number of Topliss-reactive ketones (excluding diaryl/α,β-unsaturated/α-hetero) is 1. The van der Waals surface area contributed by atoms with Crippen LogP contribution in [0, 0.1) is 23.7 Å². The molecule has 0 aromatic rings.